The molecule has 0 fully saturated rings. The second-order valence-corrected chi connectivity index (χ2v) is 12.1. The lowest BCUT2D eigenvalue weighted by Gasteiger charge is -2.13. The van der Waals surface area contributed by atoms with Crippen LogP contribution in [0.15, 0.2) is 146 Å². The van der Waals surface area contributed by atoms with Crippen molar-refractivity contribution in [2.24, 2.45) is 0 Å². The second kappa shape index (κ2) is 9.59. The fourth-order valence-electron chi connectivity index (χ4n) is 6.43. The van der Waals surface area contributed by atoms with Crippen molar-refractivity contribution in [3.8, 4) is 45.0 Å². The molecule has 0 aliphatic heterocycles. The van der Waals surface area contributed by atoms with Gasteiger partial charge in [0.05, 0.1) is 11.4 Å². The largest absolute Gasteiger partial charge is 0.228 e. The van der Waals surface area contributed by atoms with Crippen molar-refractivity contribution in [3.05, 3.63) is 146 Å². The highest BCUT2D eigenvalue weighted by atomic mass is 32.1. The summed E-state index contributed by atoms with van der Waals surface area (Å²) in [6, 6.07) is 51.7. The summed E-state index contributed by atoms with van der Waals surface area (Å²) in [5, 5.41) is 7.90. The van der Waals surface area contributed by atoms with E-state index in [4.69, 9.17) is 9.97 Å². The Balaban J connectivity index is 1.31. The lowest BCUT2D eigenvalue weighted by Crippen LogP contribution is -1.96. The Labute approximate surface area is 252 Å². The predicted molar refractivity (Wildman–Crippen MR) is 183 cm³/mol. The normalized spacial score (nSPS) is 11.7. The van der Waals surface area contributed by atoms with Gasteiger partial charge in [0.15, 0.2) is 5.82 Å². The van der Waals surface area contributed by atoms with Gasteiger partial charge in [-0.25, -0.2) is 9.97 Å². The first kappa shape index (κ1) is 24.2. The van der Waals surface area contributed by atoms with Crippen LogP contribution in [0.1, 0.15) is 0 Å². The minimum absolute atomic E-state index is 0.728. The van der Waals surface area contributed by atoms with Crippen LogP contribution in [0, 0.1) is 0 Å². The van der Waals surface area contributed by atoms with Crippen molar-refractivity contribution in [2.45, 2.75) is 0 Å². The van der Waals surface area contributed by atoms with Gasteiger partial charge in [-0.15, -0.1) is 11.3 Å². The zero-order chi connectivity index (χ0) is 28.3. The molecule has 2 heterocycles. The molecular formula is C40H24N2S. The van der Waals surface area contributed by atoms with E-state index in [9.17, 15) is 0 Å². The molecule has 0 saturated heterocycles. The average Bonchev–Trinajstić information content (AvgIpc) is 3.47. The van der Waals surface area contributed by atoms with Crippen molar-refractivity contribution in [2.75, 3.05) is 0 Å². The summed E-state index contributed by atoms with van der Waals surface area (Å²) in [6.07, 6.45) is 0. The summed E-state index contributed by atoms with van der Waals surface area (Å²) >= 11 is 1.87. The number of aromatic nitrogens is 2. The van der Waals surface area contributed by atoms with Crippen molar-refractivity contribution in [3.63, 3.8) is 0 Å². The summed E-state index contributed by atoms with van der Waals surface area (Å²) < 4.78 is 2.61. The summed E-state index contributed by atoms with van der Waals surface area (Å²) in [7, 11) is 0. The number of fused-ring (bicyclic) bond motifs is 3. The molecular weight excluding hydrogens is 541 g/mol. The van der Waals surface area contributed by atoms with Gasteiger partial charge in [0.25, 0.3) is 0 Å². The van der Waals surface area contributed by atoms with Crippen LogP contribution in [0.3, 0.4) is 0 Å². The number of rotatable bonds is 4. The summed E-state index contributed by atoms with van der Waals surface area (Å²) in [6.45, 7) is 0. The van der Waals surface area contributed by atoms with Gasteiger partial charge in [-0.3, -0.25) is 0 Å². The van der Waals surface area contributed by atoms with Crippen molar-refractivity contribution >= 4 is 53.1 Å². The molecule has 0 spiro atoms. The molecule has 0 radical (unpaired) electrons. The highest BCUT2D eigenvalue weighted by Crippen LogP contribution is 2.46. The Hall–Kier alpha value is -5.38. The van der Waals surface area contributed by atoms with Crippen LogP contribution in [0.2, 0.25) is 0 Å². The Morgan fingerprint density at radius 2 is 0.930 bits per heavy atom. The van der Waals surface area contributed by atoms with Crippen molar-refractivity contribution < 1.29 is 0 Å². The standard InChI is InChI=1S/C40H24N2S/c1-3-11-25(12-4-1)27-15-9-16-28(21-27)34-24-35(42-40(41-34)26-13-5-2-6-14-26)29-22-33-31-18-8-7-17-30(31)32-19-10-20-36-38(32)39(33)37(23-29)43-36/h1-24H. The van der Waals surface area contributed by atoms with Gasteiger partial charge in [-0.1, -0.05) is 115 Å². The van der Waals surface area contributed by atoms with Gasteiger partial charge in [0.2, 0.25) is 0 Å². The number of benzene rings is 7. The maximum absolute atomic E-state index is 5.18. The molecule has 0 N–H and O–H groups in total. The minimum atomic E-state index is 0.728. The Morgan fingerprint density at radius 1 is 0.349 bits per heavy atom. The molecule has 0 aliphatic rings. The minimum Gasteiger partial charge on any atom is -0.228 e. The molecule has 9 aromatic rings. The van der Waals surface area contributed by atoms with Crippen LogP contribution in [0.4, 0.5) is 0 Å². The Bertz CT molecular complexity index is 2440. The van der Waals surface area contributed by atoms with Crippen LogP contribution in [-0.2, 0) is 0 Å². The smallest absolute Gasteiger partial charge is 0.160 e. The third kappa shape index (κ3) is 3.93. The summed E-state index contributed by atoms with van der Waals surface area (Å²) in [5.41, 5.74) is 7.37. The number of nitrogens with zero attached hydrogens (tertiary/aromatic N) is 2. The zero-order valence-electron chi connectivity index (χ0n) is 23.2. The number of hydrogen-bond donors (Lipinski definition) is 0. The molecule has 0 amide bonds. The second-order valence-electron chi connectivity index (χ2n) is 11.0. The topological polar surface area (TPSA) is 25.8 Å². The van der Waals surface area contributed by atoms with Gasteiger partial charge in [-0.05, 0) is 63.0 Å². The molecule has 0 atom stereocenters. The van der Waals surface area contributed by atoms with Crippen LogP contribution >= 0.6 is 11.3 Å². The van der Waals surface area contributed by atoms with E-state index in [0.29, 0.717) is 0 Å². The quantitative estimate of drug-likeness (QED) is 0.199. The maximum atomic E-state index is 5.18. The third-order valence-electron chi connectivity index (χ3n) is 8.43. The first-order valence-electron chi connectivity index (χ1n) is 14.5. The molecule has 0 unspecified atom stereocenters. The molecule has 0 aliphatic carbocycles. The van der Waals surface area contributed by atoms with Crippen molar-refractivity contribution in [1.29, 1.82) is 0 Å². The molecule has 7 aromatic carbocycles. The number of thiophene rings is 1. The monoisotopic (exact) mass is 564 g/mol. The molecule has 3 heteroatoms. The van der Waals surface area contributed by atoms with E-state index in [2.05, 4.69) is 127 Å². The lowest BCUT2D eigenvalue weighted by molar-refractivity contribution is 1.18. The average molecular weight is 565 g/mol. The van der Waals surface area contributed by atoms with Gasteiger partial charge in [0.1, 0.15) is 0 Å². The molecule has 0 bridgehead atoms. The Kier molecular flexibility index (Phi) is 5.40. The molecule has 200 valence electrons. The highest BCUT2D eigenvalue weighted by molar-refractivity contribution is 7.26. The van der Waals surface area contributed by atoms with E-state index in [1.165, 1.54) is 52.8 Å². The molecule has 43 heavy (non-hydrogen) atoms. The maximum Gasteiger partial charge on any atom is 0.160 e. The fourth-order valence-corrected chi connectivity index (χ4v) is 7.63. The van der Waals surface area contributed by atoms with Gasteiger partial charge >= 0.3 is 0 Å². The summed E-state index contributed by atoms with van der Waals surface area (Å²) in [5.74, 6) is 0.728. The SMILES string of the molecule is c1ccc(-c2cccc(-c3cc(-c4cc5sc6cccc7c8ccccc8c(c4)c5c67)nc(-c4ccccc4)n3)c2)cc1. The highest BCUT2D eigenvalue weighted by Gasteiger charge is 2.18. The fraction of sp³-hybridized carbons (Fsp3) is 0. The third-order valence-corrected chi connectivity index (χ3v) is 9.53. The van der Waals surface area contributed by atoms with Crippen LogP contribution < -0.4 is 0 Å². The van der Waals surface area contributed by atoms with E-state index in [1.54, 1.807) is 0 Å². The predicted octanol–water partition coefficient (Wildman–Crippen LogP) is 11.3. The van der Waals surface area contributed by atoms with Crippen molar-refractivity contribution in [1.82, 2.24) is 9.97 Å². The van der Waals surface area contributed by atoms with Crippen LogP contribution in [0.5, 0.6) is 0 Å². The van der Waals surface area contributed by atoms with E-state index in [1.807, 2.05) is 29.5 Å². The van der Waals surface area contributed by atoms with Crippen LogP contribution in [0.25, 0.3) is 86.7 Å². The first-order chi connectivity index (χ1) is 21.3. The Morgan fingerprint density at radius 3 is 1.72 bits per heavy atom. The first-order valence-corrected chi connectivity index (χ1v) is 15.3. The van der Waals surface area contributed by atoms with E-state index in [-0.39, 0.29) is 0 Å². The van der Waals surface area contributed by atoms with E-state index >= 15 is 0 Å². The van der Waals surface area contributed by atoms with Gasteiger partial charge in [-0.2, -0.15) is 0 Å². The van der Waals surface area contributed by atoms with Crippen LogP contribution in [-0.4, -0.2) is 9.97 Å². The molecule has 2 nitrogen and oxygen atoms in total. The lowest BCUT2D eigenvalue weighted by atomic mass is 9.92. The molecule has 9 rings (SSSR count). The van der Waals surface area contributed by atoms with E-state index < -0.39 is 0 Å². The van der Waals surface area contributed by atoms with E-state index in [0.717, 1.165) is 33.9 Å². The van der Waals surface area contributed by atoms with Gasteiger partial charge in [0, 0.05) is 36.9 Å². The molecule has 0 saturated carbocycles. The number of hydrogen-bond acceptors (Lipinski definition) is 3. The molecule has 2 aromatic heterocycles. The zero-order valence-corrected chi connectivity index (χ0v) is 24.0. The van der Waals surface area contributed by atoms with Gasteiger partial charge < -0.3 is 0 Å². The summed E-state index contributed by atoms with van der Waals surface area (Å²) in [4.78, 5) is 10.3.